The maximum atomic E-state index is 12.5. The number of pyridine rings is 1. The van der Waals surface area contributed by atoms with Crippen molar-refractivity contribution in [3.63, 3.8) is 0 Å². The highest BCUT2D eigenvalue weighted by molar-refractivity contribution is 7.12. The number of benzene rings is 3. The van der Waals surface area contributed by atoms with Crippen LogP contribution in [0.2, 0.25) is 0 Å². The lowest BCUT2D eigenvalue weighted by molar-refractivity contribution is -0.138. The summed E-state index contributed by atoms with van der Waals surface area (Å²) in [5.74, 6) is 8.96. The van der Waals surface area contributed by atoms with E-state index in [1.807, 2.05) is 94.9 Å². The van der Waals surface area contributed by atoms with Crippen molar-refractivity contribution in [2.75, 3.05) is 125 Å². The molecule has 1 atom stereocenters. The number of piperazine rings is 3. The second-order valence-corrected chi connectivity index (χ2v) is 45.6. The fourth-order valence-corrected chi connectivity index (χ4v) is 17.4. The first kappa shape index (κ1) is 124. The third-order valence-corrected chi connectivity index (χ3v) is 26.4. The Morgan fingerprint density at radius 3 is 1.36 bits per heavy atom. The van der Waals surface area contributed by atoms with Gasteiger partial charge in [0, 0.05) is 140 Å². The number of carbonyl (C=O) groups is 4. The van der Waals surface area contributed by atoms with Crippen molar-refractivity contribution < 1.29 is 36.7 Å². The number of aryl methyl sites for hydroxylation is 3. The minimum Gasteiger partial charge on any atom is -0.343 e. The first-order chi connectivity index (χ1) is 63.2. The molecular weight excluding hydrogens is 1690 g/mol. The second-order valence-electron chi connectivity index (χ2n) is 44.7. The molecule has 766 valence electrons. The number of hydrogen-bond acceptors (Lipinski definition) is 12. The van der Waals surface area contributed by atoms with Gasteiger partial charge in [0.25, 0.3) is 0 Å². The maximum Gasteiger partial charge on any atom is 0.416 e. The summed E-state index contributed by atoms with van der Waals surface area (Å²) in [6.07, 6.45) is 32.9. The zero-order chi connectivity index (χ0) is 100. The molecule has 19 heteroatoms. The first-order valence-electron chi connectivity index (χ1n) is 52.9. The highest BCUT2D eigenvalue weighted by atomic mass is 32.1. The minimum atomic E-state index is -4.23. The van der Waals surface area contributed by atoms with Gasteiger partial charge in [-0.05, 0) is 281 Å². The Morgan fingerprint density at radius 2 is 0.910 bits per heavy atom. The number of halogens is 4. The topological polar surface area (TPSA) is 129 Å². The fraction of sp³-hybridized carbons (Fsp3) is 0.739. The largest absolute Gasteiger partial charge is 0.416 e. The zero-order valence-electron chi connectivity index (χ0n) is 90.1. The van der Waals surface area contributed by atoms with E-state index < -0.39 is 11.7 Å². The van der Waals surface area contributed by atoms with Crippen LogP contribution in [-0.4, -0.2) is 199 Å². The molecule has 7 heterocycles. The lowest BCUT2D eigenvalue weighted by Crippen LogP contribution is -2.58. The van der Waals surface area contributed by atoms with Crippen LogP contribution < -0.4 is 5.32 Å². The van der Waals surface area contributed by atoms with Crippen molar-refractivity contribution in [2.24, 2.45) is 70.5 Å². The number of Topliss-reactive ketones (excluding diaryl/α,β-unsaturated/α-hetero) is 1. The molecule has 2 aromatic heterocycles. The molecule has 0 bridgehead atoms. The lowest BCUT2D eigenvalue weighted by atomic mass is 9.89. The molecule has 1 saturated carbocycles. The van der Waals surface area contributed by atoms with E-state index in [-0.39, 0.29) is 17.1 Å². The van der Waals surface area contributed by atoms with Crippen molar-refractivity contribution in [3.8, 4) is 11.3 Å². The Bertz CT molecular complexity index is 3700. The van der Waals surface area contributed by atoms with Crippen LogP contribution in [0.4, 0.5) is 17.6 Å². The number of amides is 3. The van der Waals surface area contributed by atoms with Crippen molar-refractivity contribution in [1.82, 2.24) is 49.6 Å². The smallest absolute Gasteiger partial charge is 0.343 e. The van der Waals surface area contributed by atoms with Gasteiger partial charge in [-0.3, -0.25) is 29.1 Å². The normalized spacial score (nSPS) is 17.0. The predicted octanol–water partition coefficient (Wildman–Crippen LogP) is 28.5. The predicted molar refractivity (Wildman–Crippen MR) is 566 cm³/mol. The number of likely N-dealkylation sites (tertiary alicyclic amines) is 2. The third-order valence-electron chi connectivity index (χ3n) is 25.6. The number of nitrogens with zero attached hydrogens (tertiary/aromatic N) is 9. The average molecular weight is 1890 g/mol. The number of hydrogen-bond donors (Lipinski definition) is 1. The van der Waals surface area contributed by atoms with Gasteiger partial charge in [-0.15, -0.1) is 11.3 Å². The summed E-state index contributed by atoms with van der Waals surface area (Å²) in [4.78, 5) is 71.4. The van der Waals surface area contributed by atoms with Crippen LogP contribution in [0, 0.1) is 76.3 Å². The average Bonchev–Trinajstić information content (AvgIpc) is 1.21. The Balaban J connectivity index is 0.000000505. The summed E-state index contributed by atoms with van der Waals surface area (Å²) in [5, 5.41) is 5.93. The van der Waals surface area contributed by atoms with Crippen molar-refractivity contribution in [2.45, 2.75) is 358 Å². The molecule has 14 nitrogen and oxygen atoms in total. The number of thiazole rings is 1. The molecule has 6 aliphatic rings. The van der Waals surface area contributed by atoms with E-state index in [0.717, 1.165) is 168 Å². The van der Waals surface area contributed by atoms with Crippen molar-refractivity contribution in [1.29, 1.82) is 0 Å². The molecule has 1 aliphatic carbocycles. The van der Waals surface area contributed by atoms with Gasteiger partial charge in [-0.25, -0.2) is 9.37 Å². The van der Waals surface area contributed by atoms with Gasteiger partial charge in [0.15, 0.2) is 10.8 Å². The Hall–Kier alpha value is -5.96. The van der Waals surface area contributed by atoms with Crippen LogP contribution in [0.1, 0.15) is 359 Å². The van der Waals surface area contributed by atoms with Gasteiger partial charge in [0.2, 0.25) is 17.7 Å². The highest BCUT2D eigenvalue weighted by Gasteiger charge is 2.34. The molecule has 0 spiro atoms. The van der Waals surface area contributed by atoms with Gasteiger partial charge in [0.05, 0.1) is 11.3 Å². The van der Waals surface area contributed by atoms with Crippen LogP contribution in [-0.2, 0) is 39.8 Å². The molecule has 5 saturated heterocycles. The van der Waals surface area contributed by atoms with Crippen LogP contribution in [0.15, 0.2) is 109 Å². The summed E-state index contributed by atoms with van der Waals surface area (Å²) in [6.45, 7) is 72.0. The molecule has 0 radical (unpaired) electrons. The minimum absolute atomic E-state index is 0.116. The summed E-state index contributed by atoms with van der Waals surface area (Å²) in [7, 11) is 4.23. The molecule has 5 aliphatic heterocycles. The number of aromatic nitrogens is 2. The number of alkyl halides is 3. The summed E-state index contributed by atoms with van der Waals surface area (Å²) in [6, 6.07) is 26.4. The summed E-state index contributed by atoms with van der Waals surface area (Å²) < 4.78 is 49.4. The van der Waals surface area contributed by atoms with E-state index in [1.165, 1.54) is 209 Å². The molecule has 134 heavy (non-hydrogen) atoms. The van der Waals surface area contributed by atoms with Gasteiger partial charge >= 0.3 is 6.18 Å². The molecule has 1 N–H and O–H groups in total. The lowest BCUT2D eigenvalue weighted by Gasteiger charge is -2.45. The van der Waals surface area contributed by atoms with Crippen LogP contribution >= 0.6 is 11.3 Å². The molecule has 3 amide bonds. The Morgan fingerprint density at radius 1 is 0.463 bits per heavy atom. The van der Waals surface area contributed by atoms with Gasteiger partial charge in [-0.2, -0.15) is 13.2 Å². The van der Waals surface area contributed by atoms with Crippen LogP contribution in [0.5, 0.6) is 0 Å². The van der Waals surface area contributed by atoms with Crippen LogP contribution in [0.25, 0.3) is 11.3 Å². The van der Waals surface area contributed by atoms with E-state index in [4.69, 9.17) is 0 Å². The highest BCUT2D eigenvalue weighted by Crippen LogP contribution is 2.43. The summed E-state index contributed by atoms with van der Waals surface area (Å²) in [5.41, 5.74) is 5.73. The number of nitrogens with one attached hydrogen (secondary N) is 1. The molecule has 11 rings (SSSR count). The summed E-state index contributed by atoms with van der Waals surface area (Å²) >= 11 is 1.43. The standard InChI is InChI=1S/C14H15NOS.C13H17F3.C12H17F.C12H24N2O.C12H23NO.C12H24.C11H17N.C10H20N2O.C10H21N.C9H20N2/c1-10(2)8-13(16)14-15-12(9-17-14)11-6-4-3-5-7-11;1-10(2)4-3-5-11-6-8-12(9-7-11)13(14,15)16;1-10(2)4-3-5-11-6-8-12(13)9-7-11;1-10(2)8-11(15)14-7-6-13(5)12(3,4)9-14;1-11(2)7-6-8-12(14)13-9-4-3-5-10-13;1-10(2)5-6-11-7-8-12(3,4)9-11;1-10(2)5-3-6-11-7-4-8-12-9-11;1-9(2)8-10(13)12-6-4-11(3)5-7-12;1-10(2)6-9-11-7-4-3-5-8-11;1-9(2)3-6-11-7-4-10-5-8-11/h3-7,9-10H,8H2,1-2H3;6-10H,3-5H2,1-2H3;6-10H,3-5H2,1-2H3;10H,6-9H2,1-5H3;11H,3-10H2,1-2H3;10-11H,5-9H2,1-4H3;4,7-10H,3,5-6H2,1-2H3;9H,4-8H2,1-3H3;10H,3-9H2,1-2H3;9-10H,3-8H2,1-2H3. The van der Waals surface area contributed by atoms with E-state index >= 15 is 0 Å². The molecular formula is C115H198F4N10O4S. The molecule has 5 aromatic rings. The van der Waals surface area contributed by atoms with Gasteiger partial charge < -0.3 is 34.7 Å². The van der Waals surface area contributed by atoms with E-state index in [2.05, 4.69) is 207 Å². The van der Waals surface area contributed by atoms with E-state index in [1.54, 1.807) is 12.1 Å². The molecule has 1 unspecified atom stereocenters. The van der Waals surface area contributed by atoms with E-state index in [0.29, 0.717) is 71.1 Å². The SMILES string of the molecule is CC(C)CC(=O)N1CCN(C)C(C)(C)C1.CC(C)CC(=O)N1CCN(C)CC1.CC(C)CC(=O)c1nc(-c2ccccc2)cs1.CC(C)CCC1CCC(C)(C)C1.CC(C)CCCC(=O)N1CCCCC1.CC(C)CCCc1ccc(C(F)(F)F)cc1.CC(C)CCCc1ccc(F)cc1.CC(C)CCCc1cccnc1.CC(C)CCN1CCCCC1.CC(C)CCN1CCNCC1. The van der Waals surface area contributed by atoms with Crippen LogP contribution in [0.3, 0.4) is 0 Å². The first-order valence-corrected chi connectivity index (χ1v) is 53.8. The number of likely N-dealkylation sites (N-methyl/N-ethyl adjacent to an activating group) is 2. The number of ketones is 1. The monoisotopic (exact) mass is 1890 g/mol. The number of rotatable bonds is 33. The van der Waals surface area contributed by atoms with Crippen molar-refractivity contribution >= 4 is 34.8 Å². The Labute approximate surface area is 822 Å². The fourth-order valence-electron chi connectivity index (χ4n) is 16.6. The number of piperidine rings is 2. The second kappa shape index (κ2) is 70.6. The molecule has 6 fully saturated rings. The van der Waals surface area contributed by atoms with E-state index in [9.17, 15) is 36.7 Å². The van der Waals surface area contributed by atoms with Crippen molar-refractivity contribution in [3.05, 3.63) is 142 Å². The van der Waals surface area contributed by atoms with Gasteiger partial charge in [-0.1, -0.05) is 258 Å². The van der Waals surface area contributed by atoms with Gasteiger partial charge in [0.1, 0.15) is 5.82 Å². The number of carbonyl (C=O) groups excluding carboxylic acids is 4. The Kier molecular flexibility index (Phi) is 65.4. The molecule has 3 aromatic carbocycles. The quantitative estimate of drug-likeness (QED) is 0.0318. The maximum absolute atomic E-state index is 12.5. The zero-order valence-corrected chi connectivity index (χ0v) is 91.0. The third kappa shape index (κ3) is 62.9.